The number of carbonyl (C=O) groups is 1. The molecule has 0 spiro atoms. The predicted octanol–water partition coefficient (Wildman–Crippen LogP) is 5.18. The van der Waals surface area contributed by atoms with E-state index < -0.39 is 10.0 Å². The van der Waals surface area contributed by atoms with Crippen molar-refractivity contribution in [2.24, 2.45) is 0 Å². The maximum absolute atomic E-state index is 13.5. The number of amides is 1. The molecule has 8 heteroatoms. The first-order valence-corrected chi connectivity index (χ1v) is 12.7. The maximum atomic E-state index is 13.5. The third kappa shape index (κ3) is 4.44. The minimum absolute atomic E-state index is 0.0540. The van der Waals surface area contributed by atoms with Crippen LogP contribution in [0.5, 0.6) is 5.75 Å². The summed E-state index contributed by atoms with van der Waals surface area (Å²) in [6, 6.07) is 8.62. The lowest BCUT2D eigenvalue weighted by atomic mass is 10.0. The molecule has 0 aliphatic carbocycles. The van der Waals surface area contributed by atoms with Crippen molar-refractivity contribution in [1.29, 1.82) is 0 Å². The van der Waals surface area contributed by atoms with Gasteiger partial charge >= 0.3 is 0 Å². The fourth-order valence-corrected chi connectivity index (χ4v) is 5.88. The van der Waals surface area contributed by atoms with Crippen LogP contribution in [0.3, 0.4) is 0 Å². The van der Waals surface area contributed by atoms with E-state index in [1.165, 1.54) is 7.11 Å². The highest BCUT2D eigenvalue weighted by Gasteiger charge is 2.30. The molecule has 2 heterocycles. The summed E-state index contributed by atoms with van der Waals surface area (Å²) in [5.41, 5.74) is 2.66. The maximum Gasteiger partial charge on any atom is 0.289 e. The molecule has 1 N–H and O–H groups in total. The summed E-state index contributed by atoms with van der Waals surface area (Å²) >= 11 is 0. The van der Waals surface area contributed by atoms with Crippen molar-refractivity contribution >= 4 is 32.6 Å². The summed E-state index contributed by atoms with van der Waals surface area (Å²) in [4.78, 5) is 15.2. The Morgan fingerprint density at radius 1 is 1.03 bits per heavy atom. The highest BCUT2D eigenvalue weighted by molar-refractivity contribution is 7.93. The molecule has 3 aromatic rings. The van der Waals surface area contributed by atoms with Crippen LogP contribution in [0.1, 0.15) is 52.9 Å². The normalized spacial score (nSPS) is 14.8. The molecular weight excluding hydrogens is 440 g/mol. The summed E-state index contributed by atoms with van der Waals surface area (Å²) in [6.45, 7) is 6.81. The van der Waals surface area contributed by atoms with Gasteiger partial charge in [0.15, 0.2) is 11.3 Å². The van der Waals surface area contributed by atoms with E-state index in [0.29, 0.717) is 41.0 Å². The van der Waals surface area contributed by atoms with Crippen molar-refractivity contribution < 1.29 is 22.4 Å². The number of aryl methyl sites for hydroxylation is 2. The van der Waals surface area contributed by atoms with Crippen molar-refractivity contribution in [2.75, 3.05) is 24.9 Å². The molecule has 0 radical (unpaired) electrons. The van der Waals surface area contributed by atoms with Gasteiger partial charge in [0.25, 0.3) is 15.9 Å². The van der Waals surface area contributed by atoms with Gasteiger partial charge in [-0.2, -0.15) is 0 Å². The number of hydrogen-bond acceptors (Lipinski definition) is 5. The van der Waals surface area contributed by atoms with Crippen LogP contribution in [0.2, 0.25) is 0 Å². The SMILES string of the molecule is COc1cccc(NS(=O)(=O)c2c(C)c(C)cc3c(C)c(C(=O)N4CCCCCC4)oc23)c1. The second kappa shape index (κ2) is 9.09. The molecule has 4 rings (SSSR count). The molecule has 1 saturated heterocycles. The van der Waals surface area contributed by atoms with Crippen molar-refractivity contribution in [2.45, 2.75) is 51.3 Å². The van der Waals surface area contributed by atoms with Crippen LogP contribution >= 0.6 is 0 Å². The van der Waals surface area contributed by atoms with E-state index in [1.54, 1.807) is 31.2 Å². The molecule has 0 unspecified atom stereocenters. The van der Waals surface area contributed by atoms with Crippen LogP contribution in [0, 0.1) is 20.8 Å². The summed E-state index contributed by atoms with van der Waals surface area (Å²) in [5, 5.41) is 0.641. The first kappa shape index (κ1) is 23.2. The fraction of sp³-hybridized carbons (Fsp3) is 0.400. The number of anilines is 1. The van der Waals surface area contributed by atoms with E-state index in [1.807, 2.05) is 24.8 Å². The summed E-state index contributed by atoms with van der Waals surface area (Å²) in [7, 11) is -2.48. The number of fused-ring (bicyclic) bond motifs is 1. The number of benzene rings is 2. The number of rotatable bonds is 5. The number of nitrogens with zero attached hydrogens (tertiary/aromatic N) is 1. The molecule has 33 heavy (non-hydrogen) atoms. The molecule has 1 aliphatic rings. The van der Waals surface area contributed by atoms with Crippen molar-refractivity contribution in [3.8, 4) is 5.75 Å². The average Bonchev–Trinajstić information content (AvgIpc) is 2.96. The lowest BCUT2D eigenvalue weighted by molar-refractivity contribution is 0.0731. The van der Waals surface area contributed by atoms with Crippen molar-refractivity contribution in [3.63, 3.8) is 0 Å². The molecule has 1 fully saturated rings. The van der Waals surface area contributed by atoms with E-state index in [4.69, 9.17) is 9.15 Å². The van der Waals surface area contributed by atoms with Crippen LogP contribution in [-0.4, -0.2) is 39.4 Å². The highest BCUT2D eigenvalue weighted by atomic mass is 32.2. The lowest BCUT2D eigenvalue weighted by Gasteiger charge is -2.19. The van der Waals surface area contributed by atoms with Crippen LogP contribution in [-0.2, 0) is 10.0 Å². The van der Waals surface area contributed by atoms with Gasteiger partial charge in [-0.3, -0.25) is 9.52 Å². The topological polar surface area (TPSA) is 88.8 Å². The Bertz CT molecular complexity index is 1300. The Kier molecular flexibility index (Phi) is 6.38. The summed E-state index contributed by atoms with van der Waals surface area (Å²) < 4.78 is 40.9. The fourth-order valence-electron chi connectivity index (χ4n) is 4.38. The first-order valence-electron chi connectivity index (χ1n) is 11.2. The molecule has 1 aromatic heterocycles. The molecule has 1 aliphatic heterocycles. The smallest absolute Gasteiger partial charge is 0.289 e. The zero-order valence-electron chi connectivity index (χ0n) is 19.5. The van der Waals surface area contributed by atoms with Crippen LogP contribution < -0.4 is 9.46 Å². The van der Waals surface area contributed by atoms with Gasteiger partial charge < -0.3 is 14.1 Å². The van der Waals surface area contributed by atoms with E-state index in [9.17, 15) is 13.2 Å². The largest absolute Gasteiger partial charge is 0.497 e. The van der Waals surface area contributed by atoms with Gasteiger partial charge in [-0.25, -0.2) is 8.42 Å². The van der Waals surface area contributed by atoms with E-state index in [0.717, 1.165) is 31.2 Å². The standard InChI is InChI=1S/C25H30N2O5S/c1-16-14-21-18(3)22(25(28)27-12-7-5-6-8-13-27)32-23(21)24(17(16)2)33(29,30)26-19-10-9-11-20(15-19)31-4/h9-11,14-15,26H,5-8,12-13H2,1-4H3. The number of carbonyl (C=O) groups excluding carboxylic acids is 1. The van der Waals surface area contributed by atoms with Crippen LogP contribution in [0.4, 0.5) is 5.69 Å². The van der Waals surface area contributed by atoms with Crippen molar-refractivity contribution in [1.82, 2.24) is 4.90 Å². The molecule has 0 bridgehead atoms. The number of nitrogens with one attached hydrogen (secondary N) is 1. The Balaban J connectivity index is 1.81. The van der Waals surface area contributed by atoms with E-state index in [2.05, 4.69) is 4.72 Å². The number of ether oxygens (including phenoxy) is 1. The Morgan fingerprint density at radius 3 is 2.39 bits per heavy atom. The van der Waals surface area contributed by atoms with E-state index in [-0.39, 0.29) is 22.1 Å². The second-order valence-corrected chi connectivity index (χ2v) is 10.2. The van der Waals surface area contributed by atoms with Gasteiger partial charge in [-0.15, -0.1) is 0 Å². The van der Waals surface area contributed by atoms with Gasteiger partial charge in [0.2, 0.25) is 0 Å². The number of likely N-dealkylation sites (tertiary alicyclic amines) is 1. The van der Waals surface area contributed by atoms with Crippen LogP contribution in [0.15, 0.2) is 39.6 Å². The van der Waals surface area contributed by atoms with Gasteiger partial charge in [-0.1, -0.05) is 18.9 Å². The minimum atomic E-state index is -4.00. The summed E-state index contributed by atoms with van der Waals surface area (Å²) in [5.74, 6) is 0.584. The minimum Gasteiger partial charge on any atom is -0.497 e. The van der Waals surface area contributed by atoms with E-state index >= 15 is 0 Å². The molecule has 176 valence electrons. The monoisotopic (exact) mass is 470 g/mol. The third-order valence-corrected chi connectivity index (χ3v) is 7.90. The molecule has 2 aromatic carbocycles. The summed E-state index contributed by atoms with van der Waals surface area (Å²) in [6.07, 6.45) is 4.15. The van der Waals surface area contributed by atoms with Gasteiger partial charge in [0.05, 0.1) is 12.8 Å². The number of sulfonamides is 1. The first-order chi connectivity index (χ1) is 15.7. The van der Waals surface area contributed by atoms with Gasteiger partial charge in [0, 0.05) is 30.1 Å². The predicted molar refractivity (Wildman–Crippen MR) is 129 cm³/mol. The third-order valence-electron chi connectivity index (χ3n) is 6.37. The number of methoxy groups -OCH3 is 1. The zero-order chi connectivity index (χ0) is 23.8. The Labute approximate surface area is 194 Å². The molecular formula is C25H30N2O5S. The second-order valence-electron chi connectivity index (χ2n) is 8.62. The van der Waals surface area contributed by atoms with Gasteiger partial charge in [0.1, 0.15) is 10.6 Å². The van der Waals surface area contributed by atoms with Crippen LogP contribution in [0.25, 0.3) is 11.0 Å². The molecule has 7 nitrogen and oxygen atoms in total. The number of furan rings is 1. The van der Waals surface area contributed by atoms with Gasteiger partial charge in [-0.05, 0) is 62.9 Å². The number of hydrogen-bond donors (Lipinski definition) is 1. The Morgan fingerprint density at radius 2 is 1.73 bits per heavy atom. The highest BCUT2D eigenvalue weighted by Crippen LogP contribution is 2.36. The Hall–Kier alpha value is -3.00. The quantitative estimate of drug-likeness (QED) is 0.555. The average molecular weight is 471 g/mol. The zero-order valence-corrected chi connectivity index (χ0v) is 20.3. The molecule has 0 saturated carbocycles. The molecule has 1 amide bonds. The molecule has 0 atom stereocenters. The lowest BCUT2D eigenvalue weighted by Crippen LogP contribution is -2.31. The van der Waals surface area contributed by atoms with Crippen molar-refractivity contribution in [3.05, 3.63) is 52.8 Å².